The lowest BCUT2D eigenvalue weighted by Crippen LogP contribution is -2.52. The zero-order chi connectivity index (χ0) is 21.0. The summed E-state index contributed by atoms with van der Waals surface area (Å²) < 4.78 is 39.5. The minimum Gasteiger partial charge on any atom is -0.368 e. The monoisotopic (exact) mass is 431 g/mol. The summed E-state index contributed by atoms with van der Waals surface area (Å²) in [5.74, 6) is -3.66. The molecule has 1 saturated carbocycles. The first-order chi connectivity index (χ1) is 13.8. The number of anilines is 1. The molecule has 160 valence electrons. The van der Waals surface area contributed by atoms with Crippen LogP contribution in [0.4, 0.5) is 18.9 Å². The van der Waals surface area contributed by atoms with Gasteiger partial charge in [-0.3, -0.25) is 9.59 Å². The van der Waals surface area contributed by atoms with Crippen LogP contribution in [0.15, 0.2) is 24.3 Å². The molecule has 2 fully saturated rings. The Kier molecular flexibility index (Phi) is 6.93. The van der Waals surface area contributed by atoms with E-state index >= 15 is 0 Å². The highest BCUT2D eigenvalue weighted by molar-refractivity contribution is 6.30. The third kappa shape index (κ3) is 5.56. The van der Waals surface area contributed by atoms with Gasteiger partial charge in [0.25, 0.3) is 0 Å². The van der Waals surface area contributed by atoms with E-state index < -0.39 is 23.9 Å². The van der Waals surface area contributed by atoms with Crippen LogP contribution in [0, 0.1) is 11.8 Å². The molecule has 1 N–H and O–H groups in total. The molecule has 0 radical (unpaired) electrons. The van der Waals surface area contributed by atoms with Gasteiger partial charge in [0.15, 0.2) is 0 Å². The Morgan fingerprint density at radius 1 is 1.10 bits per heavy atom. The lowest BCUT2D eigenvalue weighted by molar-refractivity contribution is -0.198. The van der Waals surface area contributed by atoms with E-state index in [1.807, 2.05) is 18.2 Å². The molecule has 2 unspecified atom stereocenters. The molecule has 2 atom stereocenters. The summed E-state index contributed by atoms with van der Waals surface area (Å²) >= 11 is 6.01. The number of alkyl halides is 3. The standard InChI is InChI=1S/C20H25ClF3N3O2/c21-14-4-3-5-15(12-14)26-8-10-27(11-9-26)18(28)13-25-19(29)16-6-1-2-7-17(16)20(22,23)24/h3-5,12,16-17H,1-2,6-11,13H2,(H,25,29). The molecule has 1 saturated heterocycles. The molecule has 1 aromatic carbocycles. The zero-order valence-corrected chi connectivity index (χ0v) is 16.8. The Balaban J connectivity index is 1.48. The maximum absolute atomic E-state index is 13.2. The Hall–Kier alpha value is -1.96. The molecule has 29 heavy (non-hydrogen) atoms. The molecular weight excluding hydrogens is 407 g/mol. The third-order valence-electron chi connectivity index (χ3n) is 5.74. The predicted molar refractivity (Wildman–Crippen MR) is 105 cm³/mol. The highest BCUT2D eigenvalue weighted by atomic mass is 35.5. The van der Waals surface area contributed by atoms with E-state index in [1.54, 1.807) is 11.0 Å². The molecule has 1 heterocycles. The second-order valence-electron chi connectivity index (χ2n) is 7.60. The van der Waals surface area contributed by atoms with Gasteiger partial charge in [-0.25, -0.2) is 0 Å². The average molecular weight is 432 g/mol. The number of benzene rings is 1. The van der Waals surface area contributed by atoms with Crippen LogP contribution in [0.3, 0.4) is 0 Å². The number of nitrogens with zero attached hydrogens (tertiary/aromatic N) is 2. The topological polar surface area (TPSA) is 52.7 Å². The maximum Gasteiger partial charge on any atom is 0.392 e. The SMILES string of the molecule is O=C(NCC(=O)N1CCN(c2cccc(Cl)c2)CC1)C1CCCCC1C(F)(F)F. The second-order valence-corrected chi connectivity index (χ2v) is 8.04. The molecule has 2 amide bonds. The summed E-state index contributed by atoms with van der Waals surface area (Å²) in [4.78, 5) is 28.5. The quantitative estimate of drug-likeness (QED) is 0.794. The molecule has 9 heteroatoms. The number of hydrogen-bond acceptors (Lipinski definition) is 3. The van der Waals surface area contributed by atoms with Crippen molar-refractivity contribution in [3.8, 4) is 0 Å². The lowest BCUT2D eigenvalue weighted by atomic mass is 9.78. The van der Waals surface area contributed by atoms with Gasteiger partial charge in [-0.05, 0) is 31.0 Å². The molecule has 3 rings (SSSR count). The second kappa shape index (κ2) is 9.24. The van der Waals surface area contributed by atoms with Crippen molar-refractivity contribution < 1.29 is 22.8 Å². The van der Waals surface area contributed by atoms with Crippen molar-refractivity contribution in [2.24, 2.45) is 11.8 Å². The number of halogens is 4. The molecule has 1 aliphatic heterocycles. The number of amides is 2. The van der Waals surface area contributed by atoms with E-state index in [0.717, 1.165) is 5.69 Å². The van der Waals surface area contributed by atoms with E-state index in [9.17, 15) is 22.8 Å². The van der Waals surface area contributed by atoms with Crippen LogP contribution in [0.5, 0.6) is 0 Å². The summed E-state index contributed by atoms with van der Waals surface area (Å²) in [6.45, 7) is 1.94. The van der Waals surface area contributed by atoms with Crippen molar-refractivity contribution in [2.45, 2.75) is 31.9 Å². The van der Waals surface area contributed by atoms with E-state index in [-0.39, 0.29) is 25.3 Å². The van der Waals surface area contributed by atoms with Gasteiger partial charge in [-0.1, -0.05) is 30.5 Å². The summed E-state index contributed by atoms with van der Waals surface area (Å²) in [7, 11) is 0. The lowest BCUT2D eigenvalue weighted by Gasteiger charge is -2.36. The third-order valence-corrected chi connectivity index (χ3v) is 5.98. The molecule has 2 aliphatic rings. The van der Waals surface area contributed by atoms with Gasteiger partial charge in [0.2, 0.25) is 11.8 Å². The number of piperazine rings is 1. The van der Waals surface area contributed by atoms with Gasteiger partial charge in [-0.2, -0.15) is 13.2 Å². The van der Waals surface area contributed by atoms with Gasteiger partial charge < -0.3 is 15.1 Å². The van der Waals surface area contributed by atoms with Gasteiger partial charge in [0.1, 0.15) is 0 Å². The molecule has 1 aliphatic carbocycles. The van der Waals surface area contributed by atoms with Crippen molar-refractivity contribution >= 4 is 29.1 Å². The fraction of sp³-hybridized carbons (Fsp3) is 0.600. The van der Waals surface area contributed by atoms with Crippen LogP contribution in [0.1, 0.15) is 25.7 Å². The van der Waals surface area contributed by atoms with Crippen molar-refractivity contribution in [3.05, 3.63) is 29.3 Å². The molecule has 5 nitrogen and oxygen atoms in total. The number of carbonyl (C=O) groups is 2. The largest absolute Gasteiger partial charge is 0.392 e. The Bertz CT molecular complexity index is 736. The molecule has 0 spiro atoms. The highest BCUT2D eigenvalue weighted by Crippen LogP contribution is 2.41. The molecule has 0 aromatic heterocycles. The minimum atomic E-state index is -4.39. The summed E-state index contributed by atoms with van der Waals surface area (Å²) in [6.07, 6.45) is -3.12. The smallest absolute Gasteiger partial charge is 0.368 e. The highest BCUT2D eigenvalue weighted by Gasteiger charge is 2.48. The predicted octanol–water partition coefficient (Wildman–Crippen LogP) is 3.47. The number of nitrogens with one attached hydrogen (secondary N) is 1. The van der Waals surface area contributed by atoms with Gasteiger partial charge in [0, 0.05) is 42.8 Å². The van der Waals surface area contributed by atoms with Crippen LogP contribution in [0.2, 0.25) is 5.02 Å². The van der Waals surface area contributed by atoms with Crippen LogP contribution in [0.25, 0.3) is 0 Å². The van der Waals surface area contributed by atoms with Gasteiger partial charge >= 0.3 is 6.18 Å². The first kappa shape index (κ1) is 21.7. The first-order valence-electron chi connectivity index (χ1n) is 9.88. The summed E-state index contributed by atoms with van der Waals surface area (Å²) in [5.41, 5.74) is 0.980. The summed E-state index contributed by atoms with van der Waals surface area (Å²) in [6, 6.07) is 7.47. The summed E-state index contributed by atoms with van der Waals surface area (Å²) in [5, 5.41) is 3.08. The van der Waals surface area contributed by atoms with Crippen molar-refractivity contribution in [2.75, 3.05) is 37.6 Å². The average Bonchev–Trinajstić information content (AvgIpc) is 2.71. The minimum absolute atomic E-state index is 0.0268. The van der Waals surface area contributed by atoms with Crippen LogP contribution < -0.4 is 10.2 Å². The van der Waals surface area contributed by atoms with Crippen LogP contribution in [-0.4, -0.2) is 55.6 Å². The molecule has 0 bridgehead atoms. The number of carbonyl (C=O) groups excluding carboxylic acids is 2. The van der Waals surface area contributed by atoms with Gasteiger partial charge in [-0.15, -0.1) is 0 Å². The van der Waals surface area contributed by atoms with E-state index in [1.165, 1.54) is 0 Å². The van der Waals surface area contributed by atoms with E-state index in [2.05, 4.69) is 10.2 Å². The number of rotatable bonds is 4. The van der Waals surface area contributed by atoms with Crippen molar-refractivity contribution in [1.29, 1.82) is 0 Å². The molecular formula is C20H25ClF3N3O2. The van der Waals surface area contributed by atoms with Crippen molar-refractivity contribution in [3.63, 3.8) is 0 Å². The van der Waals surface area contributed by atoms with E-state index in [0.29, 0.717) is 44.0 Å². The van der Waals surface area contributed by atoms with E-state index in [4.69, 9.17) is 11.6 Å². The Morgan fingerprint density at radius 2 is 1.79 bits per heavy atom. The first-order valence-corrected chi connectivity index (χ1v) is 10.3. The van der Waals surface area contributed by atoms with Crippen molar-refractivity contribution in [1.82, 2.24) is 10.2 Å². The van der Waals surface area contributed by atoms with Crippen LogP contribution >= 0.6 is 11.6 Å². The maximum atomic E-state index is 13.2. The fourth-order valence-electron chi connectivity index (χ4n) is 4.13. The molecule has 1 aromatic rings. The Morgan fingerprint density at radius 3 is 2.45 bits per heavy atom. The fourth-order valence-corrected chi connectivity index (χ4v) is 4.31. The number of hydrogen-bond donors (Lipinski definition) is 1. The van der Waals surface area contributed by atoms with Gasteiger partial charge in [0.05, 0.1) is 12.5 Å². The normalized spacial score (nSPS) is 23.0. The zero-order valence-electron chi connectivity index (χ0n) is 16.1. The van der Waals surface area contributed by atoms with Crippen LogP contribution in [-0.2, 0) is 9.59 Å². The Labute approximate surface area is 173 Å².